The molecular weight excluding hydrogens is 280 g/mol. The maximum absolute atomic E-state index is 10.8. The molecule has 124 valence electrons. The SMILES string of the molecule is CC(c1ccccc1)c1cc(C(C)(C)C)c(O)c(C(C)(C)C)c1. The predicted octanol–water partition coefficient (Wildman–Crippen LogP) is 6.14. The van der Waals surface area contributed by atoms with Crippen molar-refractivity contribution in [3.63, 3.8) is 0 Å². The summed E-state index contributed by atoms with van der Waals surface area (Å²) in [6.07, 6.45) is 0. The zero-order valence-corrected chi connectivity index (χ0v) is 15.6. The fraction of sp³-hybridized carbons (Fsp3) is 0.455. The summed E-state index contributed by atoms with van der Waals surface area (Å²) in [6, 6.07) is 14.9. The molecule has 1 nitrogen and oxygen atoms in total. The van der Waals surface area contributed by atoms with Crippen molar-refractivity contribution in [2.24, 2.45) is 0 Å². The lowest BCUT2D eigenvalue weighted by Crippen LogP contribution is -2.18. The second kappa shape index (κ2) is 6.03. The van der Waals surface area contributed by atoms with Crippen molar-refractivity contribution in [3.05, 3.63) is 64.7 Å². The van der Waals surface area contributed by atoms with E-state index in [1.54, 1.807) is 0 Å². The van der Waals surface area contributed by atoms with Gasteiger partial charge in [-0.3, -0.25) is 0 Å². The minimum atomic E-state index is -0.0868. The van der Waals surface area contributed by atoms with Gasteiger partial charge in [-0.1, -0.05) is 90.9 Å². The van der Waals surface area contributed by atoms with Gasteiger partial charge in [-0.15, -0.1) is 0 Å². The molecule has 0 aliphatic carbocycles. The zero-order chi connectivity index (χ0) is 17.4. The summed E-state index contributed by atoms with van der Waals surface area (Å²) < 4.78 is 0. The summed E-state index contributed by atoms with van der Waals surface area (Å²) in [5.74, 6) is 0.757. The first-order valence-electron chi connectivity index (χ1n) is 8.44. The van der Waals surface area contributed by atoms with Crippen molar-refractivity contribution < 1.29 is 5.11 Å². The van der Waals surface area contributed by atoms with Crippen molar-refractivity contribution in [2.75, 3.05) is 0 Å². The van der Waals surface area contributed by atoms with Gasteiger partial charge >= 0.3 is 0 Å². The number of hydrogen-bond donors (Lipinski definition) is 1. The molecule has 0 spiro atoms. The molecule has 0 heterocycles. The summed E-state index contributed by atoms with van der Waals surface area (Å²) in [6.45, 7) is 15.2. The Balaban J connectivity index is 2.65. The number of phenolic OH excluding ortho intramolecular Hbond substituents is 1. The highest BCUT2D eigenvalue weighted by Gasteiger charge is 2.27. The van der Waals surface area contributed by atoms with Crippen molar-refractivity contribution in [2.45, 2.75) is 65.2 Å². The van der Waals surface area contributed by atoms with Gasteiger partial charge < -0.3 is 5.11 Å². The minimum Gasteiger partial charge on any atom is -0.507 e. The average molecular weight is 310 g/mol. The second-order valence-electron chi connectivity index (χ2n) is 8.60. The Bertz CT molecular complexity index is 634. The fourth-order valence-corrected chi connectivity index (χ4v) is 2.98. The summed E-state index contributed by atoms with van der Waals surface area (Å²) in [7, 11) is 0. The number of phenols is 1. The molecule has 2 aromatic carbocycles. The van der Waals surface area contributed by atoms with Gasteiger partial charge in [0.25, 0.3) is 0 Å². The van der Waals surface area contributed by atoms with Crippen LogP contribution in [-0.4, -0.2) is 5.11 Å². The average Bonchev–Trinajstić information content (AvgIpc) is 2.45. The topological polar surface area (TPSA) is 20.2 Å². The van der Waals surface area contributed by atoms with Gasteiger partial charge in [0, 0.05) is 5.92 Å². The fourth-order valence-electron chi connectivity index (χ4n) is 2.98. The van der Waals surface area contributed by atoms with Crippen LogP contribution in [0, 0.1) is 0 Å². The molecule has 1 unspecified atom stereocenters. The van der Waals surface area contributed by atoms with Gasteiger partial charge in [0.05, 0.1) is 0 Å². The Kier molecular flexibility index (Phi) is 4.61. The van der Waals surface area contributed by atoms with Crippen LogP contribution in [0.1, 0.15) is 76.6 Å². The minimum absolute atomic E-state index is 0.0868. The molecule has 0 amide bonds. The van der Waals surface area contributed by atoms with Crippen LogP contribution in [0.4, 0.5) is 0 Å². The second-order valence-corrected chi connectivity index (χ2v) is 8.60. The van der Waals surface area contributed by atoms with Gasteiger partial charge in [0.15, 0.2) is 0 Å². The molecule has 0 aliphatic rings. The smallest absolute Gasteiger partial charge is 0.123 e. The predicted molar refractivity (Wildman–Crippen MR) is 99.5 cm³/mol. The van der Waals surface area contributed by atoms with Crippen molar-refractivity contribution in [3.8, 4) is 5.75 Å². The van der Waals surface area contributed by atoms with Crippen LogP contribution in [-0.2, 0) is 10.8 Å². The van der Waals surface area contributed by atoms with E-state index in [1.807, 2.05) is 6.07 Å². The normalized spacial score (nSPS) is 13.9. The van der Waals surface area contributed by atoms with E-state index in [0.29, 0.717) is 11.7 Å². The molecule has 0 aliphatic heterocycles. The molecule has 1 heteroatoms. The molecule has 0 radical (unpaired) electrons. The first-order valence-corrected chi connectivity index (χ1v) is 8.44. The van der Waals surface area contributed by atoms with E-state index in [0.717, 1.165) is 11.1 Å². The lowest BCUT2D eigenvalue weighted by molar-refractivity contribution is 0.422. The maximum atomic E-state index is 10.8. The molecule has 0 aromatic heterocycles. The summed E-state index contributed by atoms with van der Waals surface area (Å²) in [4.78, 5) is 0. The highest BCUT2D eigenvalue weighted by Crippen LogP contribution is 2.41. The first-order chi connectivity index (χ1) is 10.5. The number of hydrogen-bond acceptors (Lipinski definition) is 1. The monoisotopic (exact) mass is 310 g/mol. The van der Waals surface area contributed by atoms with E-state index in [-0.39, 0.29) is 10.8 Å². The summed E-state index contributed by atoms with van der Waals surface area (Å²) in [5, 5.41) is 10.8. The van der Waals surface area contributed by atoms with Crippen molar-refractivity contribution >= 4 is 0 Å². The molecule has 2 rings (SSSR count). The molecule has 1 atom stereocenters. The third-order valence-corrected chi connectivity index (χ3v) is 4.55. The van der Waals surface area contributed by atoms with E-state index in [1.165, 1.54) is 11.1 Å². The van der Waals surface area contributed by atoms with Crippen LogP contribution in [0.25, 0.3) is 0 Å². The van der Waals surface area contributed by atoms with E-state index in [2.05, 4.69) is 84.9 Å². The molecular formula is C22H30O. The third-order valence-electron chi connectivity index (χ3n) is 4.55. The number of benzene rings is 2. The Morgan fingerprint density at radius 1 is 0.739 bits per heavy atom. The van der Waals surface area contributed by atoms with Gasteiger partial charge in [0.1, 0.15) is 5.75 Å². The highest BCUT2D eigenvalue weighted by molar-refractivity contribution is 5.51. The van der Waals surface area contributed by atoms with E-state index in [9.17, 15) is 5.11 Å². The van der Waals surface area contributed by atoms with E-state index in [4.69, 9.17) is 0 Å². The summed E-state index contributed by atoms with van der Waals surface area (Å²) >= 11 is 0. The third kappa shape index (κ3) is 3.77. The quantitative estimate of drug-likeness (QED) is 0.706. The number of aromatic hydroxyl groups is 1. The first kappa shape index (κ1) is 17.6. The van der Waals surface area contributed by atoms with Gasteiger partial charge in [0.2, 0.25) is 0 Å². The number of rotatable bonds is 2. The molecule has 1 N–H and O–H groups in total. The Morgan fingerprint density at radius 3 is 1.57 bits per heavy atom. The maximum Gasteiger partial charge on any atom is 0.123 e. The van der Waals surface area contributed by atoms with Gasteiger partial charge in [-0.2, -0.15) is 0 Å². The molecule has 0 bridgehead atoms. The van der Waals surface area contributed by atoms with Crippen LogP contribution in [0.3, 0.4) is 0 Å². The molecule has 0 saturated heterocycles. The zero-order valence-electron chi connectivity index (χ0n) is 15.6. The van der Waals surface area contributed by atoms with Gasteiger partial charge in [-0.05, 0) is 33.1 Å². The molecule has 23 heavy (non-hydrogen) atoms. The van der Waals surface area contributed by atoms with Crippen LogP contribution in [0.15, 0.2) is 42.5 Å². The molecule has 0 fully saturated rings. The van der Waals surface area contributed by atoms with Crippen molar-refractivity contribution in [1.82, 2.24) is 0 Å². The standard InChI is InChI=1S/C22H30O/c1-15(16-11-9-8-10-12-16)17-13-18(21(2,3)4)20(23)19(14-17)22(5,6)7/h8-15,23H,1-7H3. The largest absolute Gasteiger partial charge is 0.507 e. The molecule has 2 aromatic rings. The Labute approximate surface area is 141 Å². The Morgan fingerprint density at radius 2 is 1.17 bits per heavy atom. The highest BCUT2D eigenvalue weighted by atomic mass is 16.3. The van der Waals surface area contributed by atoms with Crippen LogP contribution >= 0.6 is 0 Å². The lowest BCUT2D eigenvalue weighted by Gasteiger charge is -2.29. The van der Waals surface area contributed by atoms with Crippen molar-refractivity contribution in [1.29, 1.82) is 0 Å². The van der Waals surface area contributed by atoms with E-state index < -0.39 is 0 Å². The van der Waals surface area contributed by atoms with Crippen LogP contribution in [0.2, 0.25) is 0 Å². The summed E-state index contributed by atoms with van der Waals surface area (Å²) in [5.41, 5.74) is 4.46. The van der Waals surface area contributed by atoms with Crippen LogP contribution < -0.4 is 0 Å². The lowest BCUT2D eigenvalue weighted by atomic mass is 9.76. The van der Waals surface area contributed by atoms with Crippen LogP contribution in [0.5, 0.6) is 5.75 Å². The molecule has 0 saturated carbocycles. The van der Waals surface area contributed by atoms with Gasteiger partial charge in [-0.25, -0.2) is 0 Å². The van der Waals surface area contributed by atoms with E-state index >= 15 is 0 Å². The Hall–Kier alpha value is -1.76.